The Morgan fingerprint density at radius 1 is 1.40 bits per heavy atom. The molecule has 0 unspecified atom stereocenters. The number of rotatable bonds is 4. The summed E-state index contributed by atoms with van der Waals surface area (Å²) in [5.41, 5.74) is 1.21. The summed E-state index contributed by atoms with van der Waals surface area (Å²) in [6, 6.07) is 7.47. The molecular weight excluding hydrogens is 303 g/mol. The average Bonchev–Trinajstić information content (AvgIpc) is 2.27. The van der Waals surface area contributed by atoms with Crippen LogP contribution >= 0.6 is 22.6 Å². The lowest BCUT2D eigenvalue weighted by atomic mass is 10.2. The van der Waals surface area contributed by atoms with E-state index < -0.39 is 0 Å². The van der Waals surface area contributed by atoms with E-state index in [1.807, 2.05) is 12.1 Å². The molecule has 0 amide bonds. The van der Waals surface area contributed by atoms with Crippen LogP contribution in [0.5, 0.6) is 5.75 Å². The zero-order chi connectivity index (χ0) is 11.1. The molecule has 1 aromatic rings. The van der Waals surface area contributed by atoms with Crippen LogP contribution in [0.25, 0.3) is 0 Å². The fraction of sp³-hybridized carbons (Fsp3) is 0.250. The number of ether oxygens (including phenoxy) is 1. The number of carbonyl (C=O) groups is 1. The molecular formula is C12H11IO2. The van der Waals surface area contributed by atoms with Crippen molar-refractivity contribution in [2.24, 2.45) is 0 Å². The largest absolute Gasteiger partial charge is 0.427 e. The van der Waals surface area contributed by atoms with Gasteiger partial charge < -0.3 is 4.74 Å². The van der Waals surface area contributed by atoms with Gasteiger partial charge in [0.1, 0.15) is 5.75 Å². The Labute approximate surface area is 103 Å². The Morgan fingerprint density at radius 2 is 2.07 bits per heavy atom. The van der Waals surface area contributed by atoms with Crippen LogP contribution in [0.2, 0.25) is 0 Å². The number of hydrogen-bond acceptors (Lipinski definition) is 2. The standard InChI is InChI=1S/C12H11IO2/c1-2-3-4-12(14)15-11-7-5-10(9-13)6-8-11/h1,5-8H,3-4,9H2. The van der Waals surface area contributed by atoms with Crippen LogP contribution in [-0.4, -0.2) is 5.97 Å². The summed E-state index contributed by atoms with van der Waals surface area (Å²) in [4.78, 5) is 11.2. The molecule has 0 aromatic heterocycles. The van der Waals surface area contributed by atoms with Gasteiger partial charge in [0, 0.05) is 10.8 Å². The SMILES string of the molecule is C#CCCC(=O)Oc1ccc(CI)cc1. The lowest BCUT2D eigenvalue weighted by Crippen LogP contribution is -2.06. The molecule has 0 radical (unpaired) electrons. The third-order valence-corrected chi connectivity index (χ3v) is 2.66. The van der Waals surface area contributed by atoms with Gasteiger partial charge in [-0.2, -0.15) is 0 Å². The third-order valence-electron chi connectivity index (χ3n) is 1.78. The lowest BCUT2D eigenvalue weighted by Gasteiger charge is -2.03. The van der Waals surface area contributed by atoms with Gasteiger partial charge in [-0.05, 0) is 17.7 Å². The van der Waals surface area contributed by atoms with E-state index in [2.05, 4.69) is 28.5 Å². The molecule has 15 heavy (non-hydrogen) atoms. The van der Waals surface area contributed by atoms with Crippen LogP contribution in [0.1, 0.15) is 18.4 Å². The summed E-state index contributed by atoms with van der Waals surface area (Å²) in [7, 11) is 0. The molecule has 1 aromatic carbocycles. The first-order valence-electron chi connectivity index (χ1n) is 4.55. The highest BCUT2D eigenvalue weighted by atomic mass is 127. The van der Waals surface area contributed by atoms with Gasteiger partial charge in [0.25, 0.3) is 0 Å². The van der Waals surface area contributed by atoms with Crippen molar-refractivity contribution >= 4 is 28.6 Å². The molecule has 0 N–H and O–H groups in total. The van der Waals surface area contributed by atoms with E-state index in [0.717, 1.165) is 4.43 Å². The molecule has 3 heteroatoms. The van der Waals surface area contributed by atoms with Gasteiger partial charge in [0.2, 0.25) is 0 Å². The molecule has 0 saturated carbocycles. The van der Waals surface area contributed by atoms with Crippen molar-refractivity contribution in [3.8, 4) is 18.1 Å². The first-order valence-corrected chi connectivity index (χ1v) is 6.08. The predicted molar refractivity (Wildman–Crippen MR) is 67.9 cm³/mol. The number of benzene rings is 1. The number of carbonyl (C=O) groups excluding carboxylic acids is 1. The van der Waals surface area contributed by atoms with E-state index in [1.54, 1.807) is 12.1 Å². The van der Waals surface area contributed by atoms with Gasteiger partial charge in [-0.1, -0.05) is 34.7 Å². The van der Waals surface area contributed by atoms with Crippen LogP contribution in [0.15, 0.2) is 24.3 Å². The Hall–Kier alpha value is -1.02. The van der Waals surface area contributed by atoms with Crippen LogP contribution < -0.4 is 4.74 Å². The van der Waals surface area contributed by atoms with Gasteiger partial charge in [-0.25, -0.2) is 0 Å². The fourth-order valence-electron chi connectivity index (χ4n) is 1.00. The molecule has 0 spiro atoms. The number of terminal acetylenes is 1. The maximum Gasteiger partial charge on any atom is 0.312 e. The van der Waals surface area contributed by atoms with Crippen molar-refractivity contribution in [2.75, 3.05) is 0 Å². The molecule has 0 bridgehead atoms. The van der Waals surface area contributed by atoms with Crippen molar-refractivity contribution in [2.45, 2.75) is 17.3 Å². The summed E-state index contributed by atoms with van der Waals surface area (Å²) in [6.45, 7) is 0. The molecule has 2 nitrogen and oxygen atoms in total. The number of esters is 1. The first-order chi connectivity index (χ1) is 7.26. The monoisotopic (exact) mass is 314 g/mol. The third kappa shape index (κ3) is 4.34. The van der Waals surface area contributed by atoms with Gasteiger partial charge in [-0.3, -0.25) is 4.79 Å². The Bertz CT molecular complexity index is 362. The zero-order valence-corrected chi connectivity index (χ0v) is 10.4. The topological polar surface area (TPSA) is 26.3 Å². The second-order valence-electron chi connectivity index (χ2n) is 2.96. The molecule has 1 rings (SSSR count). The van der Waals surface area contributed by atoms with E-state index >= 15 is 0 Å². The van der Waals surface area contributed by atoms with Crippen LogP contribution in [0.3, 0.4) is 0 Å². The molecule has 0 fully saturated rings. The fourth-order valence-corrected chi connectivity index (χ4v) is 1.51. The summed E-state index contributed by atoms with van der Waals surface area (Å²) < 4.78 is 6.03. The Balaban J connectivity index is 2.50. The summed E-state index contributed by atoms with van der Waals surface area (Å²) in [5.74, 6) is 2.69. The summed E-state index contributed by atoms with van der Waals surface area (Å²) in [6.07, 6.45) is 5.74. The lowest BCUT2D eigenvalue weighted by molar-refractivity contribution is -0.134. The molecule has 0 aliphatic heterocycles. The number of halogens is 1. The highest BCUT2D eigenvalue weighted by Gasteiger charge is 2.03. The maximum atomic E-state index is 11.2. The molecule has 0 saturated heterocycles. The van der Waals surface area contributed by atoms with Crippen LogP contribution in [0.4, 0.5) is 0 Å². The predicted octanol–water partition coefficient (Wildman–Crippen LogP) is 2.94. The van der Waals surface area contributed by atoms with Gasteiger partial charge in [-0.15, -0.1) is 12.3 Å². The van der Waals surface area contributed by atoms with E-state index in [4.69, 9.17) is 11.2 Å². The van der Waals surface area contributed by atoms with E-state index in [9.17, 15) is 4.79 Å². The molecule has 0 atom stereocenters. The van der Waals surface area contributed by atoms with Crippen LogP contribution in [-0.2, 0) is 9.22 Å². The maximum absolute atomic E-state index is 11.2. The zero-order valence-electron chi connectivity index (χ0n) is 8.20. The van der Waals surface area contributed by atoms with E-state index in [1.165, 1.54) is 5.56 Å². The minimum atomic E-state index is -0.282. The smallest absolute Gasteiger partial charge is 0.312 e. The number of alkyl halides is 1. The van der Waals surface area contributed by atoms with Crippen LogP contribution in [0, 0.1) is 12.3 Å². The number of hydrogen-bond donors (Lipinski definition) is 0. The quantitative estimate of drug-likeness (QED) is 0.281. The Kier molecular flexibility index (Phi) is 5.19. The van der Waals surface area contributed by atoms with Crippen molar-refractivity contribution in [1.82, 2.24) is 0 Å². The van der Waals surface area contributed by atoms with Crippen molar-refractivity contribution in [3.05, 3.63) is 29.8 Å². The van der Waals surface area contributed by atoms with E-state index in [-0.39, 0.29) is 12.4 Å². The highest BCUT2D eigenvalue weighted by molar-refractivity contribution is 14.1. The minimum absolute atomic E-state index is 0.268. The van der Waals surface area contributed by atoms with Crippen molar-refractivity contribution in [3.63, 3.8) is 0 Å². The summed E-state index contributed by atoms with van der Waals surface area (Å²) in [5, 5.41) is 0. The van der Waals surface area contributed by atoms with Gasteiger partial charge in [0.15, 0.2) is 0 Å². The highest BCUT2D eigenvalue weighted by Crippen LogP contribution is 2.14. The molecule has 0 heterocycles. The first kappa shape index (κ1) is 12.1. The van der Waals surface area contributed by atoms with Crippen molar-refractivity contribution < 1.29 is 9.53 Å². The van der Waals surface area contributed by atoms with Gasteiger partial charge in [0.05, 0.1) is 6.42 Å². The van der Waals surface area contributed by atoms with Gasteiger partial charge >= 0.3 is 5.97 Å². The Morgan fingerprint density at radius 3 is 2.60 bits per heavy atom. The summed E-state index contributed by atoms with van der Waals surface area (Å²) >= 11 is 2.28. The molecule has 78 valence electrons. The van der Waals surface area contributed by atoms with E-state index in [0.29, 0.717) is 12.2 Å². The minimum Gasteiger partial charge on any atom is -0.427 e. The average molecular weight is 314 g/mol. The van der Waals surface area contributed by atoms with Crippen molar-refractivity contribution in [1.29, 1.82) is 0 Å². The molecule has 0 aliphatic carbocycles. The molecule has 0 aliphatic rings. The normalized spacial score (nSPS) is 9.33. The second kappa shape index (κ2) is 6.46. The second-order valence-corrected chi connectivity index (χ2v) is 3.72.